The van der Waals surface area contributed by atoms with Gasteiger partial charge >= 0.3 is 0 Å². The Morgan fingerprint density at radius 3 is 2.33 bits per heavy atom. The monoisotopic (exact) mass is 242 g/mol. The second-order valence-corrected chi connectivity index (χ2v) is 4.02. The SMILES string of the molecule is NS(=O)(=O)c1c(F)ncc(O)c1C(F)F. The Bertz CT molecular complexity index is 489. The predicted octanol–water partition coefficient (Wildman–Crippen LogP) is 0.511. The molecular weight excluding hydrogens is 237 g/mol. The van der Waals surface area contributed by atoms with E-state index in [-0.39, 0.29) is 0 Å². The van der Waals surface area contributed by atoms with Crippen LogP contribution in [-0.2, 0) is 10.0 Å². The van der Waals surface area contributed by atoms with Crippen LogP contribution >= 0.6 is 0 Å². The molecule has 0 aliphatic heterocycles. The number of hydrogen-bond acceptors (Lipinski definition) is 4. The summed E-state index contributed by atoms with van der Waals surface area (Å²) < 4.78 is 59.1. The van der Waals surface area contributed by atoms with Gasteiger partial charge in [-0.25, -0.2) is 27.3 Å². The summed E-state index contributed by atoms with van der Waals surface area (Å²) >= 11 is 0. The molecule has 0 aliphatic carbocycles. The molecule has 0 fully saturated rings. The highest BCUT2D eigenvalue weighted by molar-refractivity contribution is 7.89. The fourth-order valence-corrected chi connectivity index (χ4v) is 1.74. The summed E-state index contributed by atoms with van der Waals surface area (Å²) in [5, 5.41) is 13.4. The molecule has 0 aliphatic rings. The highest BCUT2D eigenvalue weighted by Crippen LogP contribution is 2.33. The Morgan fingerprint density at radius 2 is 2.00 bits per heavy atom. The molecule has 1 heterocycles. The number of rotatable bonds is 2. The third-order valence-corrected chi connectivity index (χ3v) is 2.47. The number of halogens is 3. The van der Waals surface area contributed by atoms with Gasteiger partial charge in [0.25, 0.3) is 6.43 Å². The highest BCUT2D eigenvalue weighted by Gasteiger charge is 2.29. The molecular formula is C6H5F3N2O3S. The standard InChI is InChI=1S/C6H5F3N2O3S/c7-5(8)3-2(12)1-11-6(9)4(3)15(10,13)14/h1,5,12H,(H2,10,13,14). The summed E-state index contributed by atoms with van der Waals surface area (Å²) in [5.41, 5.74) is -1.38. The molecule has 3 N–H and O–H groups in total. The van der Waals surface area contributed by atoms with Crippen LogP contribution in [0.5, 0.6) is 5.75 Å². The average molecular weight is 242 g/mol. The molecule has 0 saturated carbocycles. The number of aromatic hydroxyl groups is 1. The van der Waals surface area contributed by atoms with Gasteiger partial charge in [-0.05, 0) is 0 Å². The lowest BCUT2D eigenvalue weighted by Gasteiger charge is -2.08. The van der Waals surface area contributed by atoms with Crippen molar-refractivity contribution in [2.45, 2.75) is 11.3 Å². The van der Waals surface area contributed by atoms with Crippen LogP contribution in [0.25, 0.3) is 0 Å². The van der Waals surface area contributed by atoms with Crippen LogP contribution in [0.4, 0.5) is 13.2 Å². The van der Waals surface area contributed by atoms with Gasteiger partial charge in [-0.15, -0.1) is 0 Å². The molecule has 1 aromatic rings. The van der Waals surface area contributed by atoms with E-state index in [1.807, 2.05) is 0 Å². The predicted molar refractivity (Wildman–Crippen MR) is 42.2 cm³/mol. The van der Waals surface area contributed by atoms with Gasteiger partial charge in [0, 0.05) is 0 Å². The van der Waals surface area contributed by atoms with Crippen molar-refractivity contribution in [2.24, 2.45) is 5.14 Å². The van der Waals surface area contributed by atoms with Crippen LogP contribution in [0.3, 0.4) is 0 Å². The minimum absolute atomic E-state index is 0.380. The Morgan fingerprint density at radius 1 is 1.47 bits per heavy atom. The molecule has 0 aromatic carbocycles. The fraction of sp³-hybridized carbons (Fsp3) is 0.167. The van der Waals surface area contributed by atoms with Gasteiger partial charge in [-0.1, -0.05) is 0 Å². The van der Waals surface area contributed by atoms with Gasteiger partial charge in [0.1, 0.15) is 10.6 Å². The normalized spacial score (nSPS) is 12.1. The molecule has 0 unspecified atom stereocenters. The van der Waals surface area contributed by atoms with Gasteiger partial charge in [-0.2, -0.15) is 4.39 Å². The van der Waals surface area contributed by atoms with Crippen LogP contribution < -0.4 is 5.14 Å². The first-order chi connectivity index (χ1) is 6.75. The van der Waals surface area contributed by atoms with Gasteiger partial charge in [-0.3, -0.25) is 0 Å². The van der Waals surface area contributed by atoms with Gasteiger partial charge < -0.3 is 5.11 Å². The van der Waals surface area contributed by atoms with E-state index < -0.39 is 38.6 Å². The second kappa shape index (κ2) is 3.66. The Kier molecular flexibility index (Phi) is 2.86. The van der Waals surface area contributed by atoms with Crippen LogP contribution in [0.2, 0.25) is 0 Å². The van der Waals surface area contributed by atoms with Crippen molar-refractivity contribution in [1.82, 2.24) is 4.98 Å². The molecule has 9 heteroatoms. The van der Waals surface area contributed by atoms with E-state index in [1.54, 1.807) is 0 Å². The topological polar surface area (TPSA) is 93.3 Å². The fourth-order valence-electron chi connectivity index (χ4n) is 0.955. The minimum atomic E-state index is -4.71. The van der Waals surface area contributed by atoms with Crippen molar-refractivity contribution in [3.05, 3.63) is 17.7 Å². The van der Waals surface area contributed by atoms with Crippen molar-refractivity contribution < 1.29 is 26.7 Å². The molecule has 0 atom stereocenters. The zero-order valence-corrected chi connectivity index (χ0v) is 7.80. The van der Waals surface area contributed by atoms with Crippen LogP contribution in [0.15, 0.2) is 11.1 Å². The van der Waals surface area contributed by atoms with Crippen LogP contribution in [-0.4, -0.2) is 18.5 Å². The second-order valence-electron chi connectivity index (χ2n) is 2.52. The Balaban J connectivity index is 3.68. The van der Waals surface area contributed by atoms with Crippen molar-refractivity contribution in [1.29, 1.82) is 0 Å². The molecule has 1 aromatic heterocycles. The zero-order chi connectivity index (χ0) is 11.8. The Labute approximate surface area is 82.4 Å². The number of nitrogens with two attached hydrogens (primary N) is 1. The summed E-state index contributed by atoms with van der Waals surface area (Å²) in [4.78, 5) is 1.29. The van der Waals surface area contributed by atoms with Crippen LogP contribution in [0, 0.1) is 5.95 Å². The van der Waals surface area contributed by atoms with E-state index in [9.17, 15) is 21.6 Å². The largest absolute Gasteiger partial charge is 0.506 e. The number of pyridine rings is 1. The zero-order valence-electron chi connectivity index (χ0n) is 6.99. The number of hydrogen-bond donors (Lipinski definition) is 2. The molecule has 0 radical (unpaired) electrons. The van der Waals surface area contributed by atoms with Gasteiger partial charge in [0.2, 0.25) is 16.0 Å². The first kappa shape index (κ1) is 11.7. The third-order valence-electron chi connectivity index (χ3n) is 1.51. The maximum Gasteiger partial charge on any atom is 0.268 e. The molecule has 0 bridgehead atoms. The van der Waals surface area contributed by atoms with Gasteiger partial charge in [0.05, 0.1) is 11.8 Å². The number of sulfonamides is 1. The number of aromatic nitrogens is 1. The first-order valence-electron chi connectivity index (χ1n) is 3.43. The molecule has 84 valence electrons. The average Bonchev–Trinajstić information content (AvgIpc) is 2.05. The van der Waals surface area contributed by atoms with Crippen molar-refractivity contribution in [3.8, 4) is 5.75 Å². The molecule has 0 spiro atoms. The van der Waals surface area contributed by atoms with E-state index >= 15 is 0 Å². The molecule has 0 amide bonds. The van der Waals surface area contributed by atoms with Crippen molar-refractivity contribution in [2.75, 3.05) is 0 Å². The first-order valence-corrected chi connectivity index (χ1v) is 4.98. The smallest absolute Gasteiger partial charge is 0.268 e. The lowest BCUT2D eigenvalue weighted by molar-refractivity contribution is 0.142. The molecule has 15 heavy (non-hydrogen) atoms. The molecule has 5 nitrogen and oxygen atoms in total. The van der Waals surface area contributed by atoms with Crippen molar-refractivity contribution >= 4 is 10.0 Å². The van der Waals surface area contributed by atoms with E-state index in [1.165, 1.54) is 0 Å². The molecule has 0 saturated heterocycles. The minimum Gasteiger partial charge on any atom is -0.506 e. The summed E-state index contributed by atoms with van der Waals surface area (Å²) in [5.74, 6) is -2.80. The lowest BCUT2D eigenvalue weighted by atomic mass is 10.2. The third kappa shape index (κ3) is 2.18. The van der Waals surface area contributed by atoms with E-state index in [4.69, 9.17) is 5.11 Å². The highest BCUT2D eigenvalue weighted by atomic mass is 32.2. The van der Waals surface area contributed by atoms with Crippen LogP contribution in [0.1, 0.15) is 12.0 Å². The molecule has 1 rings (SSSR count). The van der Waals surface area contributed by atoms with Crippen molar-refractivity contribution in [3.63, 3.8) is 0 Å². The van der Waals surface area contributed by atoms with E-state index in [0.717, 1.165) is 0 Å². The maximum atomic E-state index is 12.9. The van der Waals surface area contributed by atoms with E-state index in [0.29, 0.717) is 6.20 Å². The number of primary sulfonamides is 1. The van der Waals surface area contributed by atoms with Gasteiger partial charge in [0.15, 0.2) is 0 Å². The number of nitrogens with zero attached hydrogens (tertiary/aromatic N) is 1. The quantitative estimate of drug-likeness (QED) is 0.739. The van der Waals surface area contributed by atoms with E-state index in [2.05, 4.69) is 10.1 Å². The lowest BCUT2D eigenvalue weighted by Crippen LogP contribution is -2.17. The summed E-state index contributed by atoms with van der Waals surface area (Å²) in [6.07, 6.45) is -3.00. The summed E-state index contributed by atoms with van der Waals surface area (Å²) in [7, 11) is -4.71. The Hall–Kier alpha value is -1.35. The summed E-state index contributed by atoms with van der Waals surface area (Å²) in [6, 6.07) is 0. The maximum absolute atomic E-state index is 12.9. The number of alkyl halides is 2. The summed E-state index contributed by atoms with van der Waals surface area (Å²) in [6.45, 7) is 0.